The molecule has 0 aromatic carbocycles. The van der Waals surface area contributed by atoms with E-state index in [1.807, 2.05) is 6.92 Å². The number of hydrogen-bond donors (Lipinski definition) is 0. The summed E-state index contributed by atoms with van der Waals surface area (Å²) >= 11 is 0. The minimum Gasteiger partial charge on any atom is -0.379 e. The van der Waals surface area contributed by atoms with Crippen LogP contribution in [0.15, 0.2) is 0 Å². The van der Waals surface area contributed by atoms with E-state index >= 15 is 0 Å². The number of ether oxygens (including phenoxy) is 7. The van der Waals surface area contributed by atoms with Crippen LogP contribution in [0.1, 0.15) is 65.2 Å². The largest absolute Gasteiger partial charge is 0.379 e. The zero-order valence-electron chi connectivity index (χ0n) is 20.4. The molecule has 0 amide bonds. The molecule has 0 aliphatic rings. The number of hydrogen-bond acceptors (Lipinski definition) is 7. The summed E-state index contributed by atoms with van der Waals surface area (Å²) < 4.78 is 38.0. The van der Waals surface area contributed by atoms with Crippen molar-refractivity contribution >= 4 is 0 Å². The summed E-state index contributed by atoms with van der Waals surface area (Å²) in [5.41, 5.74) is 0. The predicted octanol–water partition coefficient (Wildman–Crippen LogP) is 4.26. The van der Waals surface area contributed by atoms with Gasteiger partial charge in [0.1, 0.15) is 0 Å². The van der Waals surface area contributed by atoms with Gasteiger partial charge in [0.05, 0.1) is 79.3 Å². The van der Waals surface area contributed by atoms with E-state index in [4.69, 9.17) is 33.2 Å². The van der Waals surface area contributed by atoms with Crippen LogP contribution < -0.4 is 0 Å². The second kappa shape index (κ2) is 29.7. The molecule has 0 saturated heterocycles. The lowest BCUT2D eigenvalue weighted by Crippen LogP contribution is -2.14. The van der Waals surface area contributed by atoms with Gasteiger partial charge in [-0.15, -0.1) is 0 Å². The Balaban J connectivity index is 2.98. The van der Waals surface area contributed by atoms with Gasteiger partial charge in [0.25, 0.3) is 0 Å². The van der Waals surface area contributed by atoms with Gasteiger partial charge >= 0.3 is 0 Å². The van der Waals surface area contributed by atoms with Gasteiger partial charge in [-0.3, -0.25) is 0 Å². The van der Waals surface area contributed by atoms with Crippen molar-refractivity contribution in [2.75, 3.05) is 92.5 Å². The molecule has 0 radical (unpaired) electrons. The van der Waals surface area contributed by atoms with E-state index in [0.717, 1.165) is 19.6 Å². The zero-order chi connectivity index (χ0) is 22.5. The van der Waals surface area contributed by atoms with Gasteiger partial charge in [-0.2, -0.15) is 0 Å². The van der Waals surface area contributed by atoms with Crippen LogP contribution in [0.5, 0.6) is 0 Å². The zero-order valence-corrected chi connectivity index (χ0v) is 20.4. The summed E-state index contributed by atoms with van der Waals surface area (Å²) in [6.07, 6.45) is 10.6. The molecular formula is C24H50O7. The molecule has 0 saturated carbocycles. The Hall–Kier alpha value is -0.280. The SMILES string of the molecule is CCCCCCCCCCOCCOCCOCCOCCOCCOCCOCC. The lowest BCUT2D eigenvalue weighted by molar-refractivity contribution is -0.0202. The second-order valence-electron chi connectivity index (χ2n) is 7.35. The molecule has 0 atom stereocenters. The van der Waals surface area contributed by atoms with Crippen molar-refractivity contribution in [3.63, 3.8) is 0 Å². The maximum atomic E-state index is 5.60. The summed E-state index contributed by atoms with van der Waals surface area (Å²) in [7, 11) is 0. The molecule has 0 aromatic heterocycles. The van der Waals surface area contributed by atoms with Crippen molar-refractivity contribution in [1.29, 1.82) is 0 Å². The van der Waals surface area contributed by atoms with E-state index < -0.39 is 0 Å². The molecule has 31 heavy (non-hydrogen) atoms. The van der Waals surface area contributed by atoms with Crippen LogP contribution in [0.4, 0.5) is 0 Å². The highest BCUT2D eigenvalue weighted by molar-refractivity contribution is 4.46. The van der Waals surface area contributed by atoms with E-state index in [9.17, 15) is 0 Å². The summed E-state index contributed by atoms with van der Waals surface area (Å²) in [5.74, 6) is 0. The van der Waals surface area contributed by atoms with Crippen LogP contribution in [0, 0.1) is 0 Å². The van der Waals surface area contributed by atoms with Crippen LogP contribution >= 0.6 is 0 Å². The molecule has 0 spiro atoms. The van der Waals surface area contributed by atoms with Crippen molar-refractivity contribution in [3.05, 3.63) is 0 Å². The Labute approximate surface area is 191 Å². The Bertz CT molecular complexity index is 278. The van der Waals surface area contributed by atoms with Crippen LogP contribution in [-0.4, -0.2) is 92.5 Å². The molecule has 0 rings (SSSR count). The lowest BCUT2D eigenvalue weighted by atomic mass is 10.1. The quantitative estimate of drug-likeness (QED) is 0.165. The lowest BCUT2D eigenvalue weighted by Gasteiger charge is -2.08. The minimum atomic E-state index is 0.564. The smallest absolute Gasteiger partial charge is 0.0701 e. The molecule has 0 heterocycles. The van der Waals surface area contributed by atoms with Gasteiger partial charge in [0.2, 0.25) is 0 Å². The molecule has 0 N–H and O–H groups in total. The topological polar surface area (TPSA) is 64.6 Å². The first-order valence-electron chi connectivity index (χ1n) is 12.5. The normalized spacial score (nSPS) is 11.4. The van der Waals surface area contributed by atoms with E-state index in [-0.39, 0.29) is 0 Å². The standard InChI is InChI=1S/C24H50O7/c1-3-5-6-7-8-9-10-11-12-26-15-16-28-19-20-30-23-24-31-22-21-29-18-17-27-14-13-25-4-2/h3-24H2,1-2H3. The highest BCUT2D eigenvalue weighted by Crippen LogP contribution is 2.08. The van der Waals surface area contributed by atoms with Crippen molar-refractivity contribution in [2.45, 2.75) is 65.2 Å². The van der Waals surface area contributed by atoms with Gasteiger partial charge in [-0.25, -0.2) is 0 Å². The van der Waals surface area contributed by atoms with Gasteiger partial charge in [0.15, 0.2) is 0 Å². The van der Waals surface area contributed by atoms with E-state index in [2.05, 4.69) is 6.92 Å². The average molecular weight is 451 g/mol. The van der Waals surface area contributed by atoms with Gasteiger partial charge in [-0.05, 0) is 13.3 Å². The molecule has 0 fully saturated rings. The molecule has 0 aromatic rings. The predicted molar refractivity (Wildman–Crippen MR) is 124 cm³/mol. The van der Waals surface area contributed by atoms with Gasteiger partial charge in [-0.1, -0.05) is 51.9 Å². The van der Waals surface area contributed by atoms with Crippen molar-refractivity contribution < 1.29 is 33.2 Å². The fourth-order valence-electron chi connectivity index (χ4n) is 2.80. The number of unbranched alkanes of at least 4 members (excludes halogenated alkanes) is 7. The first-order chi connectivity index (χ1) is 15.4. The summed E-state index contributed by atoms with van der Waals surface area (Å²) in [5, 5.41) is 0. The Kier molecular flexibility index (Phi) is 29.5. The summed E-state index contributed by atoms with van der Waals surface area (Å²) in [4.78, 5) is 0. The van der Waals surface area contributed by atoms with Crippen LogP contribution in [0.3, 0.4) is 0 Å². The average Bonchev–Trinajstić information content (AvgIpc) is 2.78. The van der Waals surface area contributed by atoms with E-state index in [0.29, 0.717) is 79.3 Å². The molecule has 0 aliphatic carbocycles. The van der Waals surface area contributed by atoms with Crippen LogP contribution in [-0.2, 0) is 33.2 Å². The molecule has 7 nitrogen and oxygen atoms in total. The van der Waals surface area contributed by atoms with Crippen molar-refractivity contribution in [3.8, 4) is 0 Å². The molecule has 0 unspecified atom stereocenters. The van der Waals surface area contributed by atoms with Gasteiger partial charge < -0.3 is 33.2 Å². The Morgan fingerprint density at radius 1 is 0.290 bits per heavy atom. The second-order valence-corrected chi connectivity index (χ2v) is 7.35. The van der Waals surface area contributed by atoms with Crippen LogP contribution in [0.2, 0.25) is 0 Å². The van der Waals surface area contributed by atoms with Gasteiger partial charge in [0, 0.05) is 13.2 Å². The molecule has 7 heteroatoms. The molecule has 0 aliphatic heterocycles. The maximum absolute atomic E-state index is 5.60. The third-order valence-corrected chi connectivity index (χ3v) is 4.58. The van der Waals surface area contributed by atoms with Crippen molar-refractivity contribution in [2.24, 2.45) is 0 Å². The summed E-state index contributed by atoms with van der Waals surface area (Å²) in [6, 6.07) is 0. The Morgan fingerprint density at radius 3 is 0.935 bits per heavy atom. The maximum Gasteiger partial charge on any atom is 0.0701 e. The summed E-state index contributed by atoms with van der Waals surface area (Å²) in [6.45, 7) is 12.9. The first kappa shape index (κ1) is 30.7. The number of rotatable bonds is 28. The fraction of sp³-hybridized carbons (Fsp3) is 1.00. The highest BCUT2D eigenvalue weighted by Gasteiger charge is 1.95. The third-order valence-electron chi connectivity index (χ3n) is 4.58. The molecular weight excluding hydrogens is 400 g/mol. The highest BCUT2D eigenvalue weighted by atomic mass is 16.6. The third kappa shape index (κ3) is 29.7. The first-order valence-corrected chi connectivity index (χ1v) is 12.5. The van der Waals surface area contributed by atoms with E-state index in [1.165, 1.54) is 44.9 Å². The fourth-order valence-corrected chi connectivity index (χ4v) is 2.80. The van der Waals surface area contributed by atoms with Crippen molar-refractivity contribution in [1.82, 2.24) is 0 Å². The molecule has 0 bridgehead atoms. The molecule has 188 valence electrons. The minimum absolute atomic E-state index is 0.564. The van der Waals surface area contributed by atoms with Crippen LogP contribution in [0.25, 0.3) is 0 Å². The van der Waals surface area contributed by atoms with E-state index in [1.54, 1.807) is 0 Å². The Morgan fingerprint density at radius 2 is 0.581 bits per heavy atom. The monoisotopic (exact) mass is 450 g/mol.